The lowest BCUT2D eigenvalue weighted by molar-refractivity contribution is -0.118. The maximum absolute atomic E-state index is 11.2. The van der Waals surface area contributed by atoms with Gasteiger partial charge in [-0.3, -0.25) is 9.36 Å². The highest BCUT2D eigenvalue weighted by atomic mass is 32.2. The van der Waals surface area contributed by atoms with Crippen LogP contribution in [0.2, 0.25) is 0 Å². The molecule has 1 aromatic heterocycles. The van der Waals surface area contributed by atoms with Crippen LogP contribution >= 0.6 is 11.8 Å². The smallest absolute Gasteiger partial charge is 0.217 e. The van der Waals surface area contributed by atoms with Gasteiger partial charge in [0.15, 0.2) is 5.16 Å². The van der Waals surface area contributed by atoms with Crippen molar-refractivity contribution in [3.63, 3.8) is 0 Å². The van der Waals surface area contributed by atoms with E-state index in [4.69, 9.17) is 5.73 Å². The van der Waals surface area contributed by atoms with Gasteiger partial charge in [-0.05, 0) is 43.9 Å². The average Bonchev–Trinajstić information content (AvgIpc) is 3.16. The lowest BCUT2D eigenvalue weighted by Crippen LogP contribution is -2.12. The molecule has 0 saturated carbocycles. The minimum atomic E-state index is -0.246. The van der Waals surface area contributed by atoms with Gasteiger partial charge < -0.3 is 5.73 Å². The van der Waals surface area contributed by atoms with E-state index >= 15 is 0 Å². The third-order valence-corrected chi connectivity index (χ3v) is 6.10. The fourth-order valence-electron chi connectivity index (χ4n) is 3.68. The van der Waals surface area contributed by atoms with E-state index in [2.05, 4.69) is 65.0 Å². The second-order valence-corrected chi connectivity index (χ2v) is 8.58. The topological polar surface area (TPSA) is 73.8 Å². The number of aromatic nitrogens is 3. The van der Waals surface area contributed by atoms with Gasteiger partial charge in [0.2, 0.25) is 5.91 Å². The monoisotopic (exact) mass is 422 g/mol. The van der Waals surface area contributed by atoms with E-state index in [0.717, 1.165) is 48.1 Å². The number of aryl methyl sites for hydroxylation is 1. The molecule has 5 nitrogen and oxygen atoms in total. The standard InChI is InChI=1S/C24H30N4OS/c1-3-9-20(12-8-15-22(25)29)23-26-27-24(28(23)21-13-5-4-6-14-21)30-17-19-11-7-10-18(2)16-19/h4-7,10-11,13-14,16,20H,3,8-9,12,15,17H2,1-2H3,(H2,25,29). The molecule has 0 aliphatic carbocycles. The van der Waals surface area contributed by atoms with E-state index in [-0.39, 0.29) is 11.8 Å². The summed E-state index contributed by atoms with van der Waals surface area (Å²) in [6.45, 7) is 4.29. The zero-order valence-electron chi connectivity index (χ0n) is 17.8. The van der Waals surface area contributed by atoms with Crippen molar-refractivity contribution in [3.8, 4) is 5.69 Å². The quantitative estimate of drug-likeness (QED) is 0.419. The maximum Gasteiger partial charge on any atom is 0.217 e. The Hall–Kier alpha value is -2.60. The van der Waals surface area contributed by atoms with Gasteiger partial charge in [0.1, 0.15) is 5.82 Å². The summed E-state index contributed by atoms with van der Waals surface area (Å²) in [7, 11) is 0. The molecule has 0 saturated heterocycles. The first-order valence-corrected chi connectivity index (χ1v) is 11.5. The predicted molar refractivity (Wildman–Crippen MR) is 123 cm³/mol. The zero-order valence-corrected chi connectivity index (χ0v) is 18.6. The van der Waals surface area contributed by atoms with Crippen molar-refractivity contribution in [2.45, 2.75) is 62.8 Å². The summed E-state index contributed by atoms with van der Waals surface area (Å²) in [6.07, 6.45) is 4.12. The molecule has 6 heteroatoms. The maximum atomic E-state index is 11.2. The Balaban J connectivity index is 1.89. The molecule has 0 aliphatic heterocycles. The number of nitrogens with two attached hydrogens (primary N) is 1. The predicted octanol–water partition coefficient (Wildman–Crippen LogP) is 5.41. The number of amides is 1. The summed E-state index contributed by atoms with van der Waals surface area (Å²) < 4.78 is 2.19. The number of carbonyl (C=O) groups excluding carboxylic acids is 1. The number of primary amides is 1. The fourth-order valence-corrected chi connectivity index (χ4v) is 4.58. The Morgan fingerprint density at radius 1 is 1.10 bits per heavy atom. The highest BCUT2D eigenvalue weighted by molar-refractivity contribution is 7.98. The molecule has 0 radical (unpaired) electrons. The van der Waals surface area contributed by atoms with Crippen LogP contribution in [0.3, 0.4) is 0 Å². The Morgan fingerprint density at radius 3 is 2.60 bits per heavy atom. The molecule has 1 unspecified atom stereocenters. The van der Waals surface area contributed by atoms with Gasteiger partial charge in [0.05, 0.1) is 0 Å². The first-order chi connectivity index (χ1) is 14.6. The number of thioether (sulfide) groups is 1. The molecule has 0 fully saturated rings. The fraction of sp³-hybridized carbons (Fsp3) is 0.375. The first-order valence-electron chi connectivity index (χ1n) is 10.6. The summed E-state index contributed by atoms with van der Waals surface area (Å²) >= 11 is 1.70. The number of hydrogen-bond donors (Lipinski definition) is 1. The number of carbonyl (C=O) groups is 1. The molecule has 1 atom stereocenters. The van der Waals surface area contributed by atoms with E-state index < -0.39 is 0 Å². The third kappa shape index (κ3) is 5.95. The summed E-state index contributed by atoms with van der Waals surface area (Å²) in [4.78, 5) is 11.2. The molecule has 2 aromatic carbocycles. The Bertz CT molecular complexity index is 955. The van der Waals surface area contributed by atoms with Crippen LogP contribution in [-0.4, -0.2) is 20.7 Å². The molecule has 3 rings (SSSR count). The molecule has 158 valence electrons. The SMILES string of the molecule is CCCC(CCCC(N)=O)c1nnc(SCc2cccc(C)c2)n1-c1ccccc1. The van der Waals surface area contributed by atoms with Crippen molar-refractivity contribution in [2.24, 2.45) is 5.73 Å². The Morgan fingerprint density at radius 2 is 1.90 bits per heavy atom. The molecule has 3 aromatic rings. The largest absolute Gasteiger partial charge is 0.370 e. The Labute approximate surface area is 183 Å². The number of para-hydroxylation sites is 1. The van der Waals surface area contributed by atoms with E-state index in [1.807, 2.05) is 18.2 Å². The summed E-state index contributed by atoms with van der Waals surface area (Å²) in [6, 6.07) is 18.8. The van der Waals surface area contributed by atoms with Gasteiger partial charge in [0.25, 0.3) is 0 Å². The highest BCUT2D eigenvalue weighted by Crippen LogP contribution is 2.32. The first kappa shape index (κ1) is 22.1. The van der Waals surface area contributed by atoms with Crippen LogP contribution in [0.5, 0.6) is 0 Å². The van der Waals surface area contributed by atoms with Crippen molar-refractivity contribution >= 4 is 17.7 Å². The molecule has 1 amide bonds. The molecule has 2 N–H and O–H groups in total. The number of benzene rings is 2. The second kappa shape index (κ2) is 11.0. The van der Waals surface area contributed by atoms with Gasteiger partial charge in [-0.25, -0.2) is 0 Å². The van der Waals surface area contributed by atoms with Gasteiger partial charge in [-0.15, -0.1) is 10.2 Å². The van der Waals surface area contributed by atoms with Crippen LogP contribution in [0.15, 0.2) is 59.8 Å². The number of rotatable bonds is 11. The lowest BCUT2D eigenvalue weighted by Gasteiger charge is -2.18. The van der Waals surface area contributed by atoms with Gasteiger partial charge in [-0.1, -0.05) is 73.1 Å². The van der Waals surface area contributed by atoms with Crippen LogP contribution in [0, 0.1) is 6.92 Å². The van der Waals surface area contributed by atoms with E-state index in [0.29, 0.717) is 6.42 Å². The minimum absolute atomic E-state index is 0.246. The van der Waals surface area contributed by atoms with Crippen LogP contribution < -0.4 is 5.73 Å². The second-order valence-electron chi connectivity index (χ2n) is 7.63. The van der Waals surface area contributed by atoms with Crippen molar-refractivity contribution in [3.05, 3.63) is 71.5 Å². The van der Waals surface area contributed by atoms with Crippen LogP contribution in [0.4, 0.5) is 0 Å². The summed E-state index contributed by atoms with van der Waals surface area (Å²) in [5, 5.41) is 10.1. The van der Waals surface area contributed by atoms with E-state index in [1.165, 1.54) is 11.1 Å². The van der Waals surface area contributed by atoms with Crippen LogP contribution in [-0.2, 0) is 10.5 Å². The lowest BCUT2D eigenvalue weighted by atomic mass is 9.96. The van der Waals surface area contributed by atoms with Crippen molar-refractivity contribution in [1.29, 1.82) is 0 Å². The molecular weight excluding hydrogens is 392 g/mol. The van der Waals surface area contributed by atoms with Crippen LogP contribution in [0.1, 0.15) is 61.9 Å². The highest BCUT2D eigenvalue weighted by Gasteiger charge is 2.22. The number of hydrogen-bond acceptors (Lipinski definition) is 4. The van der Waals surface area contributed by atoms with E-state index in [9.17, 15) is 4.79 Å². The minimum Gasteiger partial charge on any atom is -0.370 e. The van der Waals surface area contributed by atoms with Gasteiger partial charge >= 0.3 is 0 Å². The molecule has 0 bridgehead atoms. The van der Waals surface area contributed by atoms with Gasteiger partial charge in [0, 0.05) is 23.8 Å². The van der Waals surface area contributed by atoms with Crippen molar-refractivity contribution in [2.75, 3.05) is 0 Å². The van der Waals surface area contributed by atoms with Crippen molar-refractivity contribution in [1.82, 2.24) is 14.8 Å². The summed E-state index contributed by atoms with van der Waals surface area (Å²) in [5.74, 6) is 1.81. The molecule has 1 heterocycles. The normalized spacial score (nSPS) is 12.1. The zero-order chi connectivity index (χ0) is 21.3. The Kier molecular flexibility index (Phi) is 8.08. The molecule has 0 spiro atoms. The molecular formula is C24H30N4OS. The van der Waals surface area contributed by atoms with E-state index in [1.54, 1.807) is 11.8 Å². The van der Waals surface area contributed by atoms with Gasteiger partial charge in [-0.2, -0.15) is 0 Å². The number of nitrogens with zero attached hydrogens (tertiary/aromatic N) is 3. The average molecular weight is 423 g/mol. The summed E-state index contributed by atoms with van der Waals surface area (Å²) in [5.41, 5.74) is 8.95. The van der Waals surface area contributed by atoms with Crippen LogP contribution in [0.25, 0.3) is 5.69 Å². The third-order valence-electron chi connectivity index (χ3n) is 5.10. The van der Waals surface area contributed by atoms with Crippen molar-refractivity contribution < 1.29 is 4.79 Å². The molecule has 0 aliphatic rings. The molecule has 30 heavy (non-hydrogen) atoms.